The largest absolute Gasteiger partial charge is 0.280 e. The Morgan fingerprint density at radius 1 is 0.724 bits per heavy atom. The van der Waals surface area contributed by atoms with Gasteiger partial charge in [-0.2, -0.15) is 0 Å². The molecule has 0 amide bonds. The lowest BCUT2D eigenvalue weighted by atomic mass is 10.2. The van der Waals surface area contributed by atoms with Crippen molar-refractivity contribution < 1.29 is 30.4 Å². The van der Waals surface area contributed by atoms with E-state index in [2.05, 4.69) is 4.72 Å². The Balaban J connectivity index is 1.82. The first kappa shape index (κ1) is 21.1. The van der Waals surface area contributed by atoms with E-state index in [1.807, 2.05) is 6.92 Å². The smallest absolute Gasteiger partial charge is 0.261 e. The van der Waals surface area contributed by atoms with E-state index < -0.39 is 44.0 Å². The van der Waals surface area contributed by atoms with Crippen molar-refractivity contribution in [2.75, 3.05) is 4.72 Å². The minimum atomic E-state index is -3.85. The van der Waals surface area contributed by atoms with Crippen molar-refractivity contribution in [3.05, 3.63) is 83.2 Å². The molecule has 0 spiro atoms. The predicted molar refractivity (Wildman–Crippen MR) is 98.8 cm³/mol. The quantitative estimate of drug-likeness (QED) is 0.314. The van der Waals surface area contributed by atoms with Crippen LogP contribution in [0.1, 0.15) is 5.56 Å². The van der Waals surface area contributed by atoms with Gasteiger partial charge in [0.25, 0.3) is 10.0 Å². The van der Waals surface area contributed by atoms with E-state index >= 15 is 0 Å². The maximum atomic E-state index is 13.8. The van der Waals surface area contributed by atoms with E-state index in [1.54, 1.807) is 12.1 Å². The summed E-state index contributed by atoms with van der Waals surface area (Å²) < 4.78 is 94.3. The van der Waals surface area contributed by atoms with Crippen molar-refractivity contribution in [1.82, 2.24) is 0 Å². The highest BCUT2D eigenvalue weighted by atomic mass is 32.2. The van der Waals surface area contributed by atoms with Gasteiger partial charge in [0, 0.05) is 10.6 Å². The number of rotatable bonds is 5. The van der Waals surface area contributed by atoms with E-state index in [9.17, 15) is 30.4 Å². The first-order valence-corrected chi connectivity index (χ1v) is 10.3. The highest BCUT2D eigenvalue weighted by molar-refractivity contribution is 7.99. The summed E-state index contributed by atoms with van der Waals surface area (Å²) in [5.41, 5.74) is 1.05. The summed E-state index contributed by atoms with van der Waals surface area (Å²) in [7, 11) is -3.85. The van der Waals surface area contributed by atoms with Crippen molar-refractivity contribution in [3.8, 4) is 0 Å². The number of halogens is 5. The second-order valence-corrected chi connectivity index (χ2v) is 8.71. The van der Waals surface area contributed by atoms with Gasteiger partial charge in [0.1, 0.15) is 0 Å². The molecule has 0 heterocycles. The zero-order chi connectivity index (χ0) is 21.3. The average molecular weight is 445 g/mol. The predicted octanol–water partition coefficient (Wildman–Crippen LogP) is 5.64. The van der Waals surface area contributed by atoms with Gasteiger partial charge >= 0.3 is 0 Å². The van der Waals surface area contributed by atoms with Gasteiger partial charge in [-0.3, -0.25) is 4.72 Å². The normalized spacial score (nSPS) is 11.5. The van der Waals surface area contributed by atoms with Crippen LogP contribution in [-0.4, -0.2) is 8.42 Å². The molecule has 3 aromatic carbocycles. The fraction of sp³-hybridized carbons (Fsp3) is 0.0526. The molecule has 0 saturated heterocycles. The Labute approximate surface area is 167 Å². The summed E-state index contributed by atoms with van der Waals surface area (Å²) in [4.78, 5) is -0.858. The molecule has 0 aliphatic carbocycles. The molecule has 3 aromatic rings. The molecule has 0 aliphatic heterocycles. The van der Waals surface area contributed by atoms with Crippen LogP contribution in [0, 0.1) is 36.0 Å². The molecule has 10 heteroatoms. The summed E-state index contributed by atoms with van der Waals surface area (Å²) in [5.74, 6) is -10.2. The van der Waals surface area contributed by atoms with Crippen molar-refractivity contribution in [1.29, 1.82) is 0 Å². The maximum absolute atomic E-state index is 13.8. The lowest BCUT2D eigenvalue weighted by molar-refractivity contribution is 0.361. The molecular weight excluding hydrogens is 433 g/mol. The van der Waals surface area contributed by atoms with Crippen LogP contribution in [-0.2, 0) is 10.0 Å². The lowest BCUT2D eigenvalue weighted by Gasteiger charge is -2.10. The highest BCUT2D eigenvalue weighted by Crippen LogP contribution is 2.36. The van der Waals surface area contributed by atoms with E-state index in [-0.39, 0.29) is 15.5 Å². The summed E-state index contributed by atoms with van der Waals surface area (Å²) in [5, 5.41) is 0. The molecule has 3 rings (SSSR count). The third kappa shape index (κ3) is 4.38. The van der Waals surface area contributed by atoms with E-state index in [0.717, 1.165) is 5.56 Å². The van der Waals surface area contributed by atoms with Crippen LogP contribution >= 0.6 is 11.8 Å². The van der Waals surface area contributed by atoms with Crippen molar-refractivity contribution in [2.24, 2.45) is 0 Å². The van der Waals surface area contributed by atoms with Crippen LogP contribution in [0.3, 0.4) is 0 Å². The van der Waals surface area contributed by atoms with E-state index in [4.69, 9.17) is 0 Å². The van der Waals surface area contributed by atoms with Crippen LogP contribution in [0.2, 0.25) is 0 Å². The summed E-state index contributed by atoms with van der Waals surface area (Å²) in [6, 6.07) is 11.3. The van der Waals surface area contributed by atoms with Gasteiger partial charge in [-0.25, -0.2) is 30.4 Å². The molecule has 0 aliphatic rings. The number of hydrogen-bond acceptors (Lipinski definition) is 3. The Hall–Kier alpha value is -2.59. The summed E-state index contributed by atoms with van der Waals surface area (Å²) in [6.07, 6.45) is 0. The van der Waals surface area contributed by atoms with Gasteiger partial charge in [-0.15, -0.1) is 0 Å². The van der Waals surface area contributed by atoms with Gasteiger partial charge in [-0.1, -0.05) is 29.5 Å². The molecule has 0 aromatic heterocycles. The van der Waals surface area contributed by atoms with Crippen LogP contribution in [0.15, 0.2) is 63.2 Å². The minimum absolute atomic E-state index is 0.0444. The van der Waals surface area contributed by atoms with Crippen molar-refractivity contribution in [3.63, 3.8) is 0 Å². The molecular formula is C19H12F5NO2S2. The van der Waals surface area contributed by atoms with Crippen molar-refractivity contribution in [2.45, 2.75) is 21.6 Å². The van der Waals surface area contributed by atoms with E-state index in [0.29, 0.717) is 11.8 Å². The zero-order valence-corrected chi connectivity index (χ0v) is 16.3. The van der Waals surface area contributed by atoms with Crippen LogP contribution in [0.4, 0.5) is 27.6 Å². The molecule has 0 radical (unpaired) electrons. The van der Waals surface area contributed by atoms with Gasteiger partial charge in [0.15, 0.2) is 23.3 Å². The van der Waals surface area contributed by atoms with Gasteiger partial charge in [0.05, 0.1) is 9.79 Å². The molecule has 0 unspecified atom stereocenters. The number of anilines is 1. The standard InChI is InChI=1S/C19H12F5NO2S2/c1-10-2-8-13(9-3-10)29(26,27)25-11-4-6-12(7-5-11)28-19-17(23)15(21)14(20)16(22)18(19)24/h2-9,25H,1H3. The molecule has 3 nitrogen and oxygen atoms in total. The molecule has 152 valence electrons. The number of sulfonamides is 1. The topological polar surface area (TPSA) is 46.2 Å². The molecule has 1 N–H and O–H groups in total. The maximum Gasteiger partial charge on any atom is 0.261 e. The number of benzene rings is 3. The first-order chi connectivity index (χ1) is 13.6. The molecule has 0 bridgehead atoms. The Kier molecular flexibility index (Phi) is 5.85. The first-order valence-electron chi connectivity index (χ1n) is 7.99. The van der Waals surface area contributed by atoms with Crippen molar-refractivity contribution >= 4 is 27.5 Å². The lowest BCUT2D eigenvalue weighted by Crippen LogP contribution is -2.12. The molecule has 0 fully saturated rings. The Bertz CT molecular complexity index is 1140. The van der Waals surface area contributed by atoms with Gasteiger partial charge in [0.2, 0.25) is 5.82 Å². The summed E-state index contributed by atoms with van der Waals surface area (Å²) in [6.45, 7) is 1.81. The monoisotopic (exact) mass is 445 g/mol. The van der Waals surface area contributed by atoms with Gasteiger partial charge in [-0.05, 0) is 43.3 Å². The fourth-order valence-electron chi connectivity index (χ4n) is 2.31. The van der Waals surface area contributed by atoms with Crippen LogP contribution in [0.25, 0.3) is 0 Å². The highest BCUT2D eigenvalue weighted by Gasteiger charge is 2.26. The molecule has 0 saturated carbocycles. The SMILES string of the molecule is Cc1ccc(S(=O)(=O)Nc2ccc(Sc3c(F)c(F)c(F)c(F)c3F)cc2)cc1. The zero-order valence-electron chi connectivity index (χ0n) is 14.6. The summed E-state index contributed by atoms with van der Waals surface area (Å²) >= 11 is 0.329. The number of nitrogens with one attached hydrogen (secondary N) is 1. The second kappa shape index (κ2) is 8.03. The Morgan fingerprint density at radius 2 is 1.21 bits per heavy atom. The number of aryl methyl sites for hydroxylation is 1. The third-order valence-corrected chi connectivity index (χ3v) is 6.29. The second-order valence-electron chi connectivity index (χ2n) is 5.94. The number of hydrogen-bond donors (Lipinski definition) is 1. The van der Waals surface area contributed by atoms with Crippen LogP contribution < -0.4 is 4.72 Å². The molecule has 0 atom stereocenters. The van der Waals surface area contributed by atoms with Gasteiger partial charge < -0.3 is 0 Å². The fourth-order valence-corrected chi connectivity index (χ4v) is 4.24. The van der Waals surface area contributed by atoms with E-state index in [1.165, 1.54) is 36.4 Å². The average Bonchev–Trinajstić information content (AvgIpc) is 2.69. The van der Waals surface area contributed by atoms with Crippen LogP contribution in [0.5, 0.6) is 0 Å². The third-order valence-electron chi connectivity index (χ3n) is 3.83. The molecule has 29 heavy (non-hydrogen) atoms. The Morgan fingerprint density at radius 3 is 1.72 bits per heavy atom. The minimum Gasteiger partial charge on any atom is -0.280 e.